The zero-order valence-electron chi connectivity index (χ0n) is 17.1. The van der Waals surface area contributed by atoms with Gasteiger partial charge >= 0.3 is 0 Å². The molecular weight excluding hydrogens is 397 g/mol. The van der Waals surface area contributed by atoms with Gasteiger partial charge in [0.1, 0.15) is 17.4 Å². The highest BCUT2D eigenvalue weighted by atomic mass is 19.1. The normalized spacial score (nSPS) is 17.1. The summed E-state index contributed by atoms with van der Waals surface area (Å²) in [5.41, 5.74) is 1.88. The quantitative estimate of drug-likeness (QED) is 0.635. The third-order valence-corrected chi connectivity index (χ3v) is 6.00. The van der Waals surface area contributed by atoms with Crippen LogP contribution in [0.15, 0.2) is 35.0 Å². The molecule has 3 aromatic rings. The molecule has 5 rings (SSSR count). The molecule has 0 atom stereocenters. The van der Waals surface area contributed by atoms with Gasteiger partial charge in [0.2, 0.25) is 0 Å². The summed E-state index contributed by atoms with van der Waals surface area (Å²) in [6.45, 7) is 0.462. The largest absolute Gasteiger partial charge is 0.441 e. The molecule has 0 bridgehead atoms. The highest BCUT2D eigenvalue weighted by Crippen LogP contribution is 2.38. The van der Waals surface area contributed by atoms with E-state index in [0.29, 0.717) is 59.1 Å². The Morgan fingerprint density at radius 2 is 2.03 bits per heavy atom. The third-order valence-electron chi connectivity index (χ3n) is 6.00. The monoisotopic (exact) mass is 417 g/mol. The van der Waals surface area contributed by atoms with Crippen molar-refractivity contribution >= 4 is 5.91 Å². The minimum atomic E-state index is -1.26. The summed E-state index contributed by atoms with van der Waals surface area (Å²) in [5, 5.41) is 9.33. The van der Waals surface area contributed by atoms with E-state index in [1.807, 2.05) is 6.07 Å². The molecule has 0 spiro atoms. The zero-order chi connectivity index (χ0) is 21.6. The van der Waals surface area contributed by atoms with E-state index in [0.717, 1.165) is 12.8 Å². The summed E-state index contributed by atoms with van der Waals surface area (Å²) in [5.74, 6) is 0.681. The zero-order valence-corrected chi connectivity index (χ0v) is 17.1. The number of carbonyl (C=O) groups excluding carboxylic acids is 1. The van der Waals surface area contributed by atoms with E-state index in [4.69, 9.17) is 4.42 Å². The number of alkyl halides is 1. The van der Waals surface area contributed by atoms with E-state index in [1.165, 1.54) is 0 Å². The lowest BCUT2D eigenvalue weighted by molar-refractivity contribution is 0.0816. The van der Waals surface area contributed by atoms with Gasteiger partial charge < -0.3 is 9.32 Å². The first-order chi connectivity index (χ1) is 15.0. The van der Waals surface area contributed by atoms with Gasteiger partial charge in [-0.25, -0.2) is 14.4 Å². The molecule has 1 aliphatic heterocycles. The summed E-state index contributed by atoms with van der Waals surface area (Å²) in [7, 11) is 1.72. The predicted molar refractivity (Wildman–Crippen MR) is 109 cm³/mol. The van der Waals surface area contributed by atoms with Crippen molar-refractivity contribution in [1.82, 2.24) is 19.9 Å². The van der Waals surface area contributed by atoms with Crippen LogP contribution >= 0.6 is 0 Å². The van der Waals surface area contributed by atoms with Crippen molar-refractivity contribution < 1.29 is 13.6 Å². The molecule has 156 valence electrons. The lowest BCUT2D eigenvalue weighted by atomic mass is 10.0. The van der Waals surface area contributed by atoms with Crippen molar-refractivity contribution in [3.05, 3.63) is 53.4 Å². The average Bonchev–Trinajstić information content (AvgIpc) is 3.48. The maximum Gasteiger partial charge on any atom is 0.255 e. The molecular formula is C23H20FN5O2. The van der Waals surface area contributed by atoms with Crippen LogP contribution < -0.4 is 0 Å². The minimum absolute atomic E-state index is 0.103. The Morgan fingerprint density at radius 1 is 1.23 bits per heavy atom. The second-order valence-electron chi connectivity index (χ2n) is 8.24. The summed E-state index contributed by atoms with van der Waals surface area (Å²) in [4.78, 5) is 27.2. The van der Waals surface area contributed by atoms with E-state index < -0.39 is 5.67 Å². The molecule has 8 heteroatoms. The maximum absolute atomic E-state index is 14.9. The fourth-order valence-corrected chi connectivity index (χ4v) is 4.35. The number of hydrogen-bond acceptors (Lipinski definition) is 6. The maximum atomic E-state index is 14.9. The molecule has 0 radical (unpaired) electrons. The van der Waals surface area contributed by atoms with Crippen molar-refractivity contribution in [2.24, 2.45) is 0 Å². The SMILES string of the molecule is CN1Cc2ncc(-c3nc(C#N)ccc3-c3cnc(CC4(F)CCCC4)o3)cc2C1=O. The van der Waals surface area contributed by atoms with E-state index in [1.54, 1.807) is 42.5 Å². The average molecular weight is 417 g/mol. The molecule has 0 unspecified atom stereocenters. The number of amides is 1. The Bertz CT molecular complexity index is 1220. The van der Waals surface area contributed by atoms with Crippen LogP contribution in [0.1, 0.15) is 53.3 Å². The number of pyridine rings is 2. The molecule has 1 aliphatic carbocycles. The summed E-state index contributed by atoms with van der Waals surface area (Å²) < 4.78 is 20.7. The van der Waals surface area contributed by atoms with Gasteiger partial charge in [-0.15, -0.1) is 0 Å². The van der Waals surface area contributed by atoms with Crippen LogP contribution in [0.2, 0.25) is 0 Å². The minimum Gasteiger partial charge on any atom is -0.441 e. The third kappa shape index (κ3) is 3.46. The van der Waals surface area contributed by atoms with Crippen molar-refractivity contribution in [1.29, 1.82) is 5.26 Å². The van der Waals surface area contributed by atoms with Gasteiger partial charge in [0, 0.05) is 24.4 Å². The molecule has 0 aromatic carbocycles. The van der Waals surface area contributed by atoms with Crippen molar-refractivity contribution in [2.45, 2.75) is 44.3 Å². The fraction of sp³-hybridized carbons (Fsp3) is 0.348. The van der Waals surface area contributed by atoms with Gasteiger partial charge in [0.05, 0.1) is 36.1 Å². The standard InChI is InChI=1S/C23H20FN5O2/c1-29-13-18-17(22(29)30)8-14(11-26-18)21-16(5-4-15(10-25)28-21)19-12-27-20(31-19)9-23(24)6-2-3-7-23/h4-5,8,11-12H,2-3,6-7,9,13H2,1H3. The van der Waals surface area contributed by atoms with E-state index in [2.05, 4.69) is 15.0 Å². The van der Waals surface area contributed by atoms with Crippen LogP contribution in [0.4, 0.5) is 4.39 Å². The fourth-order valence-electron chi connectivity index (χ4n) is 4.35. The number of nitriles is 1. The molecule has 1 amide bonds. The van der Waals surface area contributed by atoms with Crippen LogP contribution in [0.3, 0.4) is 0 Å². The van der Waals surface area contributed by atoms with E-state index >= 15 is 0 Å². The van der Waals surface area contributed by atoms with E-state index in [-0.39, 0.29) is 18.0 Å². The second-order valence-corrected chi connectivity index (χ2v) is 8.24. The van der Waals surface area contributed by atoms with Crippen molar-refractivity contribution in [2.75, 3.05) is 7.05 Å². The predicted octanol–water partition coefficient (Wildman–Crippen LogP) is 4.08. The number of rotatable bonds is 4. The summed E-state index contributed by atoms with van der Waals surface area (Å²) in [6.07, 6.45) is 6.16. The number of halogens is 1. The second kappa shape index (κ2) is 7.27. The Balaban J connectivity index is 1.55. The molecule has 3 aromatic heterocycles. The Hall–Kier alpha value is -3.60. The molecule has 0 N–H and O–H groups in total. The van der Waals surface area contributed by atoms with Crippen LogP contribution in [0, 0.1) is 11.3 Å². The lowest BCUT2D eigenvalue weighted by Gasteiger charge is -2.15. The molecule has 4 heterocycles. The smallest absolute Gasteiger partial charge is 0.255 e. The van der Waals surface area contributed by atoms with Gasteiger partial charge in [0.25, 0.3) is 5.91 Å². The Kier molecular flexibility index (Phi) is 4.54. The van der Waals surface area contributed by atoms with Gasteiger partial charge in [-0.05, 0) is 31.0 Å². The van der Waals surface area contributed by atoms with Crippen molar-refractivity contribution in [3.63, 3.8) is 0 Å². The number of aromatic nitrogens is 3. The molecule has 2 aliphatic rings. The number of oxazole rings is 1. The number of carbonyl (C=O) groups is 1. The Labute approximate surface area is 178 Å². The lowest BCUT2D eigenvalue weighted by Crippen LogP contribution is -2.21. The molecule has 1 fully saturated rings. The number of hydrogen-bond donors (Lipinski definition) is 0. The number of nitrogens with zero attached hydrogens (tertiary/aromatic N) is 5. The van der Waals surface area contributed by atoms with Crippen LogP contribution in [-0.2, 0) is 13.0 Å². The summed E-state index contributed by atoms with van der Waals surface area (Å²) in [6, 6.07) is 7.10. The molecule has 0 saturated heterocycles. The molecule has 31 heavy (non-hydrogen) atoms. The van der Waals surface area contributed by atoms with Gasteiger partial charge in [-0.3, -0.25) is 9.78 Å². The first kappa shape index (κ1) is 19.4. The van der Waals surface area contributed by atoms with Gasteiger partial charge in [0.15, 0.2) is 11.7 Å². The first-order valence-electron chi connectivity index (χ1n) is 10.3. The van der Waals surface area contributed by atoms with Crippen LogP contribution in [0.5, 0.6) is 0 Å². The Morgan fingerprint density at radius 3 is 2.81 bits per heavy atom. The van der Waals surface area contributed by atoms with Crippen molar-refractivity contribution in [3.8, 4) is 28.7 Å². The van der Waals surface area contributed by atoms with Gasteiger partial charge in [-0.1, -0.05) is 12.8 Å². The van der Waals surface area contributed by atoms with Crippen LogP contribution in [0.25, 0.3) is 22.6 Å². The first-order valence-corrected chi connectivity index (χ1v) is 10.3. The number of fused-ring (bicyclic) bond motifs is 1. The van der Waals surface area contributed by atoms with Crippen LogP contribution in [-0.4, -0.2) is 38.5 Å². The molecule has 1 saturated carbocycles. The molecule has 7 nitrogen and oxygen atoms in total. The topological polar surface area (TPSA) is 95.9 Å². The highest BCUT2D eigenvalue weighted by Gasteiger charge is 2.35. The summed E-state index contributed by atoms with van der Waals surface area (Å²) >= 11 is 0. The highest BCUT2D eigenvalue weighted by molar-refractivity contribution is 5.99. The van der Waals surface area contributed by atoms with E-state index in [9.17, 15) is 14.4 Å². The van der Waals surface area contributed by atoms with Gasteiger partial charge in [-0.2, -0.15) is 5.26 Å².